The van der Waals surface area contributed by atoms with Gasteiger partial charge in [-0.2, -0.15) is 17.0 Å². The van der Waals surface area contributed by atoms with E-state index in [0.29, 0.717) is 4.09 Å². The van der Waals surface area contributed by atoms with Gasteiger partial charge in [-0.25, -0.2) is 13.4 Å². The van der Waals surface area contributed by atoms with Gasteiger partial charge in [-0.05, 0) is 30.5 Å². The van der Waals surface area contributed by atoms with Crippen molar-refractivity contribution in [2.45, 2.75) is 43.4 Å². The van der Waals surface area contributed by atoms with E-state index >= 15 is 0 Å². The average molecular weight is 492 g/mol. The monoisotopic (exact) mass is 491 g/mol. The summed E-state index contributed by atoms with van der Waals surface area (Å²) in [5.41, 5.74) is 0.832. The van der Waals surface area contributed by atoms with Gasteiger partial charge in [0.1, 0.15) is 6.33 Å². The number of benzene rings is 1. The summed E-state index contributed by atoms with van der Waals surface area (Å²) in [7, 11) is -5.33. The molecule has 28 heavy (non-hydrogen) atoms. The van der Waals surface area contributed by atoms with E-state index in [-0.39, 0.29) is 12.6 Å². The smallest absolute Gasteiger partial charge is 0.203 e. The summed E-state index contributed by atoms with van der Waals surface area (Å²) in [6.07, 6.45) is 4.33. The van der Waals surface area contributed by atoms with Crippen molar-refractivity contribution in [1.82, 2.24) is 22.8 Å². The summed E-state index contributed by atoms with van der Waals surface area (Å²) in [4.78, 5) is 3.79. The molecule has 1 aromatic heterocycles. The molecule has 154 valence electrons. The normalized spacial score (nSPS) is 16.3. The summed E-state index contributed by atoms with van der Waals surface area (Å²) < 4.78 is 54.7. The predicted molar refractivity (Wildman–Crippen MR) is 107 cm³/mol. The van der Waals surface area contributed by atoms with E-state index in [0.717, 1.165) is 46.4 Å². The van der Waals surface area contributed by atoms with E-state index in [2.05, 4.69) is 26.0 Å². The van der Waals surface area contributed by atoms with Crippen molar-refractivity contribution in [3.63, 3.8) is 0 Å². The molecule has 9 nitrogen and oxygen atoms in total. The maximum absolute atomic E-state index is 13.3. The lowest BCUT2D eigenvalue weighted by Gasteiger charge is -2.26. The van der Waals surface area contributed by atoms with E-state index < -0.39 is 25.4 Å². The second-order valence-corrected chi connectivity index (χ2v) is 11.5. The van der Waals surface area contributed by atoms with Crippen LogP contribution in [0.3, 0.4) is 0 Å². The Morgan fingerprint density at radius 2 is 1.71 bits per heavy atom. The Balaban J connectivity index is 1.96. The SMILES string of the molecule is CN(C)S(=O)(=O)n1cnc(S(=O)(=O)N(Cc2ccc(Br)cc2)C2CCCC2)n1. The Bertz CT molecular complexity index is 1030. The molecule has 0 unspecified atom stereocenters. The molecular weight excluding hydrogens is 470 g/mol. The molecule has 1 heterocycles. The van der Waals surface area contributed by atoms with Gasteiger partial charge in [0.25, 0.3) is 15.2 Å². The van der Waals surface area contributed by atoms with Gasteiger partial charge < -0.3 is 0 Å². The number of halogens is 1. The van der Waals surface area contributed by atoms with Gasteiger partial charge in [-0.15, -0.1) is 9.19 Å². The highest BCUT2D eigenvalue weighted by Crippen LogP contribution is 2.29. The lowest BCUT2D eigenvalue weighted by atomic mass is 10.2. The minimum Gasteiger partial charge on any atom is -0.203 e. The fraction of sp³-hybridized carbons (Fsp3) is 0.500. The van der Waals surface area contributed by atoms with E-state index in [1.165, 1.54) is 18.4 Å². The van der Waals surface area contributed by atoms with Crippen molar-refractivity contribution < 1.29 is 16.8 Å². The highest BCUT2D eigenvalue weighted by molar-refractivity contribution is 9.10. The van der Waals surface area contributed by atoms with Crippen LogP contribution in [0.2, 0.25) is 0 Å². The number of rotatable bonds is 7. The summed E-state index contributed by atoms with van der Waals surface area (Å²) in [5.74, 6) is 0. The van der Waals surface area contributed by atoms with E-state index in [1.807, 2.05) is 24.3 Å². The third-order valence-corrected chi connectivity index (χ3v) is 8.47. The fourth-order valence-electron chi connectivity index (χ4n) is 3.11. The molecular formula is C16H22BrN5O4S2. The third kappa shape index (κ3) is 4.30. The number of sulfonamides is 1. The molecule has 0 atom stereocenters. The van der Waals surface area contributed by atoms with Crippen LogP contribution in [-0.4, -0.2) is 59.8 Å². The third-order valence-electron chi connectivity index (χ3n) is 4.67. The molecule has 0 bridgehead atoms. The van der Waals surface area contributed by atoms with Crippen molar-refractivity contribution in [1.29, 1.82) is 0 Å². The fourth-order valence-corrected chi connectivity index (χ4v) is 5.61. The highest BCUT2D eigenvalue weighted by Gasteiger charge is 2.36. The maximum atomic E-state index is 13.3. The molecule has 12 heteroatoms. The molecule has 3 rings (SSSR count). The first kappa shape index (κ1) is 21.4. The lowest BCUT2D eigenvalue weighted by Crippen LogP contribution is -2.39. The van der Waals surface area contributed by atoms with Gasteiger partial charge in [0.2, 0.25) is 0 Å². The van der Waals surface area contributed by atoms with Crippen LogP contribution < -0.4 is 0 Å². The Hall–Kier alpha value is -1.34. The first-order chi connectivity index (χ1) is 13.1. The molecule has 0 N–H and O–H groups in total. The number of hydrogen-bond acceptors (Lipinski definition) is 6. The molecule has 0 spiro atoms. The molecule has 1 saturated carbocycles. The molecule has 1 aliphatic carbocycles. The summed E-state index contributed by atoms with van der Waals surface area (Å²) in [6, 6.07) is 7.25. The van der Waals surface area contributed by atoms with E-state index in [4.69, 9.17) is 0 Å². The van der Waals surface area contributed by atoms with Crippen LogP contribution in [0.1, 0.15) is 31.2 Å². The first-order valence-corrected chi connectivity index (χ1v) is 12.4. The van der Waals surface area contributed by atoms with Gasteiger partial charge in [-0.3, -0.25) is 0 Å². The Morgan fingerprint density at radius 1 is 1.11 bits per heavy atom. The zero-order chi connectivity index (χ0) is 20.5. The zero-order valence-electron chi connectivity index (χ0n) is 15.6. The van der Waals surface area contributed by atoms with Gasteiger partial charge in [-0.1, -0.05) is 40.9 Å². The molecule has 1 fully saturated rings. The minimum atomic E-state index is -4.06. The van der Waals surface area contributed by atoms with Crippen LogP contribution in [0, 0.1) is 0 Å². The van der Waals surface area contributed by atoms with Gasteiger partial charge in [0.15, 0.2) is 0 Å². The van der Waals surface area contributed by atoms with E-state index in [9.17, 15) is 16.8 Å². The standard InChI is InChI=1S/C16H22BrN5O4S2/c1-20(2)28(25,26)22-12-18-16(19-22)27(23,24)21(15-5-3-4-6-15)11-13-7-9-14(17)10-8-13/h7-10,12,15H,3-6,11H2,1-2H3. The first-order valence-electron chi connectivity index (χ1n) is 8.73. The average Bonchev–Trinajstić information content (AvgIpc) is 3.33. The van der Waals surface area contributed by atoms with Gasteiger partial charge in [0, 0.05) is 31.2 Å². The predicted octanol–water partition coefficient (Wildman–Crippen LogP) is 1.83. The molecule has 0 aliphatic heterocycles. The summed E-state index contributed by atoms with van der Waals surface area (Å²) >= 11 is 3.37. The van der Waals surface area contributed by atoms with Crippen molar-refractivity contribution in [3.8, 4) is 0 Å². The molecule has 1 aliphatic rings. The minimum absolute atomic E-state index is 0.161. The second-order valence-electron chi connectivity index (χ2n) is 6.80. The lowest BCUT2D eigenvalue weighted by molar-refractivity contribution is 0.313. The number of aromatic nitrogens is 3. The number of hydrogen-bond donors (Lipinski definition) is 0. The zero-order valence-corrected chi connectivity index (χ0v) is 18.8. The van der Waals surface area contributed by atoms with Crippen LogP contribution in [0.4, 0.5) is 0 Å². The van der Waals surface area contributed by atoms with Crippen LogP contribution in [0.25, 0.3) is 0 Å². The van der Waals surface area contributed by atoms with Crippen LogP contribution in [0.15, 0.2) is 40.2 Å². The van der Waals surface area contributed by atoms with Crippen molar-refractivity contribution in [3.05, 3.63) is 40.6 Å². The second kappa shape index (κ2) is 8.19. The number of nitrogens with zero attached hydrogens (tertiary/aromatic N) is 5. The van der Waals surface area contributed by atoms with Crippen LogP contribution in [0.5, 0.6) is 0 Å². The Labute approximate surface area is 173 Å². The molecule has 2 aromatic rings. The molecule has 0 radical (unpaired) electrons. The maximum Gasteiger partial charge on any atom is 0.323 e. The summed E-state index contributed by atoms with van der Waals surface area (Å²) in [5, 5.41) is 3.25. The largest absolute Gasteiger partial charge is 0.323 e. The molecule has 0 saturated heterocycles. The summed E-state index contributed by atoms with van der Waals surface area (Å²) in [6.45, 7) is 0.176. The quantitative estimate of drug-likeness (QED) is 0.584. The highest BCUT2D eigenvalue weighted by atomic mass is 79.9. The van der Waals surface area contributed by atoms with Gasteiger partial charge in [0.05, 0.1) is 0 Å². The molecule has 1 aromatic carbocycles. The van der Waals surface area contributed by atoms with Crippen LogP contribution >= 0.6 is 15.9 Å². The van der Waals surface area contributed by atoms with Crippen LogP contribution in [-0.2, 0) is 26.8 Å². The van der Waals surface area contributed by atoms with Gasteiger partial charge >= 0.3 is 10.2 Å². The van der Waals surface area contributed by atoms with E-state index in [1.54, 1.807) is 0 Å². The van der Waals surface area contributed by atoms with Crippen molar-refractivity contribution >= 4 is 36.2 Å². The Kier molecular flexibility index (Phi) is 6.25. The van der Waals surface area contributed by atoms with Crippen molar-refractivity contribution in [2.24, 2.45) is 0 Å². The Morgan fingerprint density at radius 3 is 2.29 bits per heavy atom. The molecule has 0 amide bonds. The topological polar surface area (TPSA) is 105 Å². The van der Waals surface area contributed by atoms with Crippen molar-refractivity contribution in [2.75, 3.05) is 14.1 Å².